The highest BCUT2D eigenvalue weighted by molar-refractivity contribution is 7.04. The highest BCUT2D eigenvalue weighted by atomic mass is 31.0. The van der Waals surface area contributed by atoms with Gasteiger partial charge in [0.2, 0.25) is 5.82 Å². The first kappa shape index (κ1) is 13.2. The van der Waals surface area contributed by atoms with Crippen molar-refractivity contribution in [1.82, 2.24) is 5.16 Å². The molecule has 0 aliphatic rings. The lowest BCUT2D eigenvalue weighted by atomic mass is 10.1. The monoisotopic (exact) mass is 283 g/mol. The highest BCUT2D eigenvalue weighted by Crippen LogP contribution is 2.30. The van der Waals surface area contributed by atoms with E-state index in [9.17, 15) is 0 Å². The quantitative estimate of drug-likeness (QED) is 0.460. The second-order valence-corrected chi connectivity index (χ2v) is 3.95. The maximum atomic E-state index is 5.12. The lowest BCUT2D eigenvalue weighted by Crippen LogP contribution is -2.04. The molecule has 1 unspecified atom stereocenters. The van der Waals surface area contributed by atoms with Crippen LogP contribution >= 0.6 is 18.1 Å². The number of benzene rings is 1. The number of aromatic nitrogens is 1. The van der Waals surface area contributed by atoms with Crippen molar-refractivity contribution < 1.29 is 14.3 Å². The molecule has 0 saturated heterocycles. The van der Waals surface area contributed by atoms with Gasteiger partial charge in [-0.2, -0.15) is 0 Å². The van der Waals surface area contributed by atoms with Crippen molar-refractivity contribution in [3.63, 3.8) is 0 Å². The standard InChI is InChI=1S/C10H11N3O3P2/c1-14-15-5-8(12-17)6-2-3-9-7(4-6)10(13-18)11-16-9/h2-4,8,17-18H,5H2,1H3. The molecule has 0 aliphatic heterocycles. The molecule has 1 atom stereocenters. The summed E-state index contributed by atoms with van der Waals surface area (Å²) in [5.74, 6) is 0.490. The molecule has 1 heterocycles. The van der Waals surface area contributed by atoms with Crippen LogP contribution in [0.5, 0.6) is 0 Å². The van der Waals surface area contributed by atoms with E-state index in [2.05, 4.69) is 37.6 Å². The highest BCUT2D eigenvalue weighted by Gasteiger charge is 2.14. The van der Waals surface area contributed by atoms with E-state index < -0.39 is 0 Å². The van der Waals surface area contributed by atoms with Crippen LogP contribution in [0.25, 0.3) is 11.0 Å². The number of rotatable bonds is 6. The molecule has 0 bridgehead atoms. The average molecular weight is 283 g/mol. The second-order valence-electron chi connectivity index (χ2n) is 3.47. The van der Waals surface area contributed by atoms with Crippen LogP contribution in [-0.2, 0) is 9.78 Å². The number of nitrogens with zero attached hydrogens (tertiary/aromatic N) is 3. The van der Waals surface area contributed by atoms with E-state index >= 15 is 0 Å². The fourth-order valence-corrected chi connectivity index (χ4v) is 1.96. The molecule has 94 valence electrons. The first-order valence-corrected chi connectivity index (χ1v) is 5.98. The van der Waals surface area contributed by atoms with E-state index in [4.69, 9.17) is 9.41 Å². The van der Waals surface area contributed by atoms with Gasteiger partial charge in [-0.25, -0.2) is 14.5 Å². The van der Waals surface area contributed by atoms with Crippen LogP contribution in [0.1, 0.15) is 11.6 Å². The second kappa shape index (κ2) is 6.12. The Morgan fingerprint density at radius 2 is 2.28 bits per heavy atom. The van der Waals surface area contributed by atoms with Crippen molar-refractivity contribution in [3.8, 4) is 0 Å². The van der Waals surface area contributed by atoms with Gasteiger partial charge in [0, 0.05) is 0 Å². The van der Waals surface area contributed by atoms with Crippen molar-refractivity contribution >= 4 is 34.9 Å². The Balaban J connectivity index is 2.37. The molecule has 2 rings (SSSR count). The lowest BCUT2D eigenvalue weighted by Gasteiger charge is -2.10. The number of fused-ring (bicyclic) bond motifs is 1. The summed E-state index contributed by atoms with van der Waals surface area (Å²) in [6.45, 7) is 0.303. The lowest BCUT2D eigenvalue weighted by molar-refractivity contribution is -0.275. The summed E-state index contributed by atoms with van der Waals surface area (Å²) < 4.78 is 13.0. The van der Waals surface area contributed by atoms with Gasteiger partial charge in [-0.1, -0.05) is 11.2 Å². The first-order chi connectivity index (χ1) is 8.80. The van der Waals surface area contributed by atoms with Gasteiger partial charge < -0.3 is 4.52 Å². The van der Waals surface area contributed by atoms with E-state index in [0.29, 0.717) is 18.0 Å². The fraction of sp³-hybridized carbons (Fsp3) is 0.300. The topological polar surface area (TPSA) is 69.2 Å². The molecule has 0 amide bonds. The van der Waals surface area contributed by atoms with Crippen LogP contribution < -0.4 is 0 Å². The van der Waals surface area contributed by atoms with Gasteiger partial charge in [-0.05, 0) is 35.8 Å². The summed E-state index contributed by atoms with van der Waals surface area (Å²) in [5.41, 5.74) is 1.60. The molecular weight excluding hydrogens is 272 g/mol. The Morgan fingerprint density at radius 3 is 2.94 bits per heavy atom. The summed E-state index contributed by atoms with van der Waals surface area (Å²) in [4.78, 5) is 9.47. The molecule has 8 heteroatoms. The SMILES string of the molecule is COOCC(N=P)c1ccc2onc(N=P)c2c1. The first-order valence-electron chi connectivity index (χ1n) is 5.09. The van der Waals surface area contributed by atoms with Gasteiger partial charge in [-0.15, -0.1) is 0 Å². The Labute approximate surface area is 108 Å². The van der Waals surface area contributed by atoms with Gasteiger partial charge in [0.05, 0.1) is 12.5 Å². The molecule has 0 spiro atoms. The number of hydrogen-bond donors (Lipinski definition) is 0. The van der Waals surface area contributed by atoms with Crippen LogP contribution in [0.3, 0.4) is 0 Å². The van der Waals surface area contributed by atoms with E-state index in [-0.39, 0.29) is 6.04 Å². The van der Waals surface area contributed by atoms with Crippen LogP contribution in [0.2, 0.25) is 0 Å². The predicted octanol–water partition coefficient (Wildman–Crippen LogP) is 3.73. The molecule has 6 nitrogen and oxygen atoms in total. The molecule has 0 aliphatic carbocycles. The summed E-state index contributed by atoms with van der Waals surface area (Å²) >= 11 is 0. The van der Waals surface area contributed by atoms with E-state index in [1.165, 1.54) is 7.11 Å². The minimum Gasteiger partial charge on any atom is -0.354 e. The maximum absolute atomic E-state index is 5.12. The summed E-state index contributed by atoms with van der Waals surface area (Å²) in [5, 5.41) is 4.62. The average Bonchev–Trinajstić information content (AvgIpc) is 2.82. The Morgan fingerprint density at radius 1 is 1.44 bits per heavy atom. The molecule has 2 aromatic rings. The largest absolute Gasteiger partial charge is 0.354 e. The Hall–Kier alpha value is -1.19. The van der Waals surface area contributed by atoms with Crippen molar-refractivity contribution in [3.05, 3.63) is 23.8 Å². The van der Waals surface area contributed by atoms with Gasteiger partial charge in [0.25, 0.3) is 0 Å². The molecule has 0 N–H and O–H groups in total. The van der Waals surface area contributed by atoms with Crippen molar-refractivity contribution in [2.45, 2.75) is 6.04 Å². The van der Waals surface area contributed by atoms with Crippen molar-refractivity contribution in [2.75, 3.05) is 13.7 Å². The maximum Gasteiger partial charge on any atom is 0.206 e. The molecular formula is C10H11N3O3P2. The molecule has 18 heavy (non-hydrogen) atoms. The normalized spacial score (nSPS) is 12.5. The predicted molar refractivity (Wildman–Crippen MR) is 70.9 cm³/mol. The zero-order valence-corrected chi connectivity index (χ0v) is 11.6. The smallest absolute Gasteiger partial charge is 0.206 e. The molecule has 0 radical (unpaired) electrons. The van der Waals surface area contributed by atoms with Gasteiger partial charge in [-0.3, -0.25) is 4.74 Å². The third-order valence-electron chi connectivity index (χ3n) is 2.47. The minimum atomic E-state index is -0.191. The third-order valence-corrected chi connectivity index (χ3v) is 2.99. The van der Waals surface area contributed by atoms with E-state index in [0.717, 1.165) is 10.9 Å². The summed E-state index contributed by atoms with van der Waals surface area (Å²) in [7, 11) is 7.65. The van der Waals surface area contributed by atoms with Crippen LogP contribution in [0, 0.1) is 0 Å². The third kappa shape index (κ3) is 2.62. The van der Waals surface area contributed by atoms with E-state index in [1.807, 2.05) is 18.2 Å². The zero-order chi connectivity index (χ0) is 13.0. The molecule has 1 aromatic heterocycles. The molecule has 0 saturated carbocycles. The zero-order valence-electron chi connectivity index (χ0n) is 9.58. The van der Waals surface area contributed by atoms with Crippen LogP contribution in [0.4, 0.5) is 5.82 Å². The molecule has 0 fully saturated rings. The summed E-state index contributed by atoms with van der Waals surface area (Å²) in [6.07, 6.45) is 0. The fourth-order valence-electron chi connectivity index (χ4n) is 1.57. The minimum absolute atomic E-state index is 0.191. The van der Waals surface area contributed by atoms with Gasteiger partial charge in [0.15, 0.2) is 5.58 Å². The molecule has 1 aromatic carbocycles. The Kier molecular flexibility index (Phi) is 4.50. The Bertz CT molecular complexity index is 572. The number of hydrogen-bond acceptors (Lipinski definition) is 6. The van der Waals surface area contributed by atoms with Crippen molar-refractivity contribution in [1.29, 1.82) is 0 Å². The van der Waals surface area contributed by atoms with Crippen LogP contribution in [0.15, 0.2) is 32.2 Å². The van der Waals surface area contributed by atoms with E-state index in [1.54, 1.807) is 0 Å². The van der Waals surface area contributed by atoms with Crippen LogP contribution in [-0.4, -0.2) is 18.9 Å². The van der Waals surface area contributed by atoms with Crippen molar-refractivity contribution in [2.24, 2.45) is 9.49 Å². The van der Waals surface area contributed by atoms with Gasteiger partial charge >= 0.3 is 0 Å². The summed E-state index contributed by atoms with van der Waals surface area (Å²) in [6, 6.07) is 5.41. The van der Waals surface area contributed by atoms with Gasteiger partial charge in [0.1, 0.15) is 12.6 Å².